The Morgan fingerprint density at radius 1 is 1.77 bits per heavy atom. The Bertz CT molecular complexity index is 332. The molecule has 70 valence electrons. The van der Waals surface area contributed by atoms with Crippen LogP contribution in [0.2, 0.25) is 0 Å². The quantitative estimate of drug-likeness (QED) is 0.558. The highest BCUT2D eigenvalue weighted by Gasteiger charge is 2.57. The van der Waals surface area contributed by atoms with Gasteiger partial charge in [-0.25, -0.2) is 0 Å². The lowest BCUT2D eigenvalue weighted by molar-refractivity contribution is -0.583. The van der Waals surface area contributed by atoms with E-state index in [-0.39, 0.29) is 24.0 Å². The Labute approximate surface area is 75.3 Å². The maximum atomic E-state index is 11.0. The van der Waals surface area contributed by atoms with Crippen molar-refractivity contribution < 1.29 is 19.2 Å². The maximum absolute atomic E-state index is 11.0. The van der Waals surface area contributed by atoms with Crippen LogP contribution in [0.3, 0.4) is 0 Å². The SMILES string of the molecule is CNC1C(O)=[N+]2C(C(C)=O)=COC12. The number of likely N-dealkylation sites (N-methyl/N-ethyl adjacent to an activating group) is 1. The first-order chi connectivity index (χ1) is 6.16. The molecule has 2 N–H and O–H groups in total. The third-order valence-electron chi connectivity index (χ3n) is 2.31. The van der Waals surface area contributed by atoms with E-state index in [1.54, 1.807) is 7.05 Å². The average molecular weight is 183 g/mol. The molecule has 2 aliphatic rings. The Morgan fingerprint density at radius 2 is 2.46 bits per heavy atom. The summed E-state index contributed by atoms with van der Waals surface area (Å²) in [5, 5.41) is 12.4. The number of nitrogens with one attached hydrogen (secondary N) is 1. The van der Waals surface area contributed by atoms with Gasteiger partial charge in [-0.1, -0.05) is 0 Å². The number of ketones is 1. The summed E-state index contributed by atoms with van der Waals surface area (Å²) in [6.45, 7) is 1.44. The van der Waals surface area contributed by atoms with Gasteiger partial charge in [0.2, 0.25) is 11.8 Å². The fraction of sp³-hybridized carbons (Fsp3) is 0.500. The van der Waals surface area contributed by atoms with Crippen LogP contribution in [0, 0.1) is 0 Å². The van der Waals surface area contributed by atoms with Crippen LogP contribution in [0.25, 0.3) is 0 Å². The minimum atomic E-state index is -0.260. The van der Waals surface area contributed by atoms with Crippen molar-refractivity contribution in [2.24, 2.45) is 0 Å². The van der Waals surface area contributed by atoms with Gasteiger partial charge in [0.05, 0.1) is 0 Å². The van der Waals surface area contributed by atoms with Crippen molar-refractivity contribution in [1.29, 1.82) is 0 Å². The van der Waals surface area contributed by atoms with E-state index in [1.807, 2.05) is 0 Å². The van der Waals surface area contributed by atoms with Crippen LogP contribution in [0.1, 0.15) is 6.92 Å². The van der Waals surface area contributed by atoms with E-state index in [9.17, 15) is 9.90 Å². The Balaban J connectivity index is 2.31. The number of Topliss-reactive ketones (excluding diaryl/α,β-unsaturated/α-hetero) is 1. The van der Waals surface area contributed by atoms with Crippen LogP contribution < -0.4 is 5.32 Å². The van der Waals surface area contributed by atoms with Crippen LogP contribution in [0.15, 0.2) is 12.0 Å². The van der Waals surface area contributed by atoms with Crippen LogP contribution >= 0.6 is 0 Å². The number of nitrogens with zero attached hydrogens (tertiary/aromatic N) is 1. The maximum Gasteiger partial charge on any atom is 0.372 e. The molecule has 0 aromatic heterocycles. The molecule has 0 radical (unpaired) electrons. The van der Waals surface area contributed by atoms with Crippen molar-refractivity contribution in [3.8, 4) is 0 Å². The van der Waals surface area contributed by atoms with Crippen LogP contribution in [0.5, 0.6) is 0 Å². The lowest BCUT2D eigenvalue weighted by Crippen LogP contribution is -2.61. The Morgan fingerprint density at radius 3 is 3.00 bits per heavy atom. The van der Waals surface area contributed by atoms with Crippen LogP contribution in [-0.4, -0.2) is 40.7 Å². The molecule has 2 heterocycles. The Kier molecular flexibility index (Phi) is 1.63. The number of rotatable bonds is 2. The van der Waals surface area contributed by atoms with Crippen molar-refractivity contribution in [1.82, 2.24) is 5.32 Å². The van der Waals surface area contributed by atoms with E-state index < -0.39 is 0 Å². The number of fused-ring (bicyclic) bond motifs is 1. The number of aliphatic hydroxyl groups is 1. The predicted molar refractivity (Wildman–Crippen MR) is 44.4 cm³/mol. The predicted octanol–water partition coefficient (Wildman–Crippen LogP) is -0.656. The summed E-state index contributed by atoms with van der Waals surface area (Å²) in [6.07, 6.45) is 1.13. The van der Waals surface area contributed by atoms with Crippen LogP contribution in [0.4, 0.5) is 0 Å². The molecule has 0 aliphatic carbocycles. The fourth-order valence-electron chi connectivity index (χ4n) is 1.59. The second-order valence-corrected chi connectivity index (χ2v) is 3.08. The van der Waals surface area contributed by atoms with E-state index in [1.165, 1.54) is 17.8 Å². The summed E-state index contributed by atoms with van der Waals surface area (Å²) >= 11 is 0. The molecule has 2 aliphatic heterocycles. The normalized spacial score (nSPS) is 30.5. The first-order valence-electron chi connectivity index (χ1n) is 4.05. The zero-order valence-corrected chi connectivity index (χ0v) is 7.44. The molecule has 13 heavy (non-hydrogen) atoms. The lowest BCUT2D eigenvalue weighted by atomic mass is 10.1. The third-order valence-corrected chi connectivity index (χ3v) is 2.31. The second-order valence-electron chi connectivity index (χ2n) is 3.08. The van der Waals surface area contributed by atoms with E-state index in [4.69, 9.17) is 4.74 Å². The summed E-state index contributed by atoms with van der Waals surface area (Å²) in [4.78, 5) is 11.0. The van der Waals surface area contributed by atoms with Gasteiger partial charge in [0.15, 0.2) is 6.26 Å². The summed E-state index contributed by atoms with van der Waals surface area (Å²) in [6, 6.07) is -0.201. The Hall–Kier alpha value is -1.36. The zero-order chi connectivity index (χ0) is 9.59. The molecule has 5 heteroatoms. The molecule has 0 saturated heterocycles. The smallest absolute Gasteiger partial charge is 0.372 e. The summed E-state index contributed by atoms with van der Waals surface area (Å²) in [7, 11) is 1.73. The zero-order valence-electron chi connectivity index (χ0n) is 7.44. The molecule has 2 unspecified atom stereocenters. The van der Waals surface area contributed by atoms with Crippen molar-refractivity contribution >= 4 is 11.7 Å². The van der Waals surface area contributed by atoms with Crippen molar-refractivity contribution in [3.63, 3.8) is 0 Å². The molecule has 0 spiro atoms. The largest absolute Gasteiger partial charge is 0.462 e. The van der Waals surface area contributed by atoms with Gasteiger partial charge >= 0.3 is 12.1 Å². The van der Waals surface area contributed by atoms with E-state index in [2.05, 4.69) is 5.32 Å². The number of carbonyl (C=O) groups excluding carboxylic acids is 1. The van der Waals surface area contributed by atoms with Gasteiger partial charge in [-0.2, -0.15) is 0 Å². The van der Waals surface area contributed by atoms with E-state index in [0.29, 0.717) is 5.70 Å². The molecular weight excluding hydrogens is 172 g/mol. The van der Waals surface area contributed by atoms with Crippen LogP contribution in [-0.2, 0) is 9.53 Å². The van der Waals surface area contributed by atoms with Gasteiger partial charge in [0.1, 0.15) is 0 Å². The number of carbonyl (C=O) groups is 1. The highest BCUT2D eigenvalue weighted by atomic mass is 16.5. The minimum Gasteiger partial charge on any atom is -0.462 e. The lowest BCUT2D eigenvalue weighted by Gasteiger charge is -2.24. The van der Waals surface area contributed by atoms with Gasteiger partial charge in [-0.15, -0.1) is 4.58 Å². The molecule has 5 nitrogen and oxygen atoms in total. The molecule has 0 fully saturated rings. The summed E-state index contributed by atoms with van der Waals surface area (Å²) < 4.78 is 6.69. The molecule has 0 aromatic carbocycles. The van der Waals surface area contributed by atoms with Crippen molar-refractivity contribution in [2.75, 3.05) is 7.05 Å². The van der Waals surface area contributed by atoms with E-state index >= 15 is 0 Å². The van der Waals surface area contributed by atoms with Gasteiger partial charge in [-0.3, -0.25) is 10.1 Å². The molecule has 0 aromatic rings. The van der Waals surface area contributed by atoms with E-state index in [0.717, 1.165) is 0 Å². The highest BCUT2D eigenvalue weighted by Crippen LogP contribution is 2.25. The third kappa shape index (κ3) is 0.904. The molecule has 0 saturated carbocycles. The van der Waals surface area contributed by atoms with Crippen molar-refractivity contribution in [2.45, 2.75) is 19.2 Å². The fourth-order valence-corrected chi connectivity index (χ4v) is 1.59. The standard InChI is InChI=1S/C8H10N2O3/c1-4(11)5-3-13-8-6(9-2)7(12)10(5)8/h3,6,8-9H,1-2H3/p+1. The average Bonchev–Trinajstić information content (AvgIpc) is 2.45. The van der Waals surface area contributed by atoms with Gasteiger partial charge in [0, 0.05) is 6.92 Å². The molecule has 0 amide bonds. The second kappa shape index (κ2) is 2.56. The summed E-state index contributed by atoms with van der Waals surface area (Å²) in [5.74, 6) is 0.0371. The molecule has 2 atom stereocenters. The monoisotopic (exact) mass is 183 g/mol. The highest BCUT2D eigenvalue weighted by molar-refractivity contribution is 5.93. The first kappa shape index (κ1) is 8.25. The van der Waals surface area contributed by atoms with Gasteiger partial charge in [0.25, 0.3) is 5.70 Å². The van der Waals surface area contributed by atoms with Gasteiger partial charge in [-0.05, 0) is 7.05 Å². The number of allylic oxidation sites excluding steroid dienone is 1. The van der Waals surface area contributed by atoms with Crippen molar-refractivity contribution in [3.05, 3.63) is 12.0 Å². The number of hydrogen-bond donors (Lipinski definition) is 2. The van der Waals surface area contributed by atoms with Gasteiger partial charge < -0.3 is 9.84 Å². The number of hydrogen-bond acceptors (Lipinski definition) is 3. The first-order valence-corrected chi connectivity index (χ1v) is 4.05. The minimum absolute atomic E-state index is 0.108. The molecule has 0 bridgehead atoms. The number of aliphatic hydroxyl groups excluding tert-OH is 1. The molecular formula is C8H11N2O3+. The summed E-state index contributed by atoms with van der Waals surface area (Å²) in [5.41, 5.74) is 0.411. The molecule has 2 rings (SSSR count). The topological polar surface area (TPSA) is 61.6 Å². The number of ether oxygens (including phenoxy) is 1.